The summed E-state index contributed by atoms with van der Waals surface area (Å²) in [5.74, 6) is 0.931. The van der Waals surface area contributed by atoms with Crippen molar-refractivity contribution in [2.24, 2.45) is 11.8 Å². The molecule has 116 valence electrons. The van der Waals surface area contributed by atoms with Crippen LogP contribution < -0.4 is 0 Å². The number of hydrogen-bond donors (Lipinski definition) is 1. The lowest BCUT2D eigenvalue weighted by Gasteiger charge is -2.34. The standard InChI is InChI=1S/C15H18N4O2S/c20-14-4-12-6-18(15(21)10-1-2-22-7-10)5-11(12)3-13(14)19-9-16-8-17-19/h1-2,7-9,11-14,20H,3-6H2/t11-,12+,13-,14-/m1/s1. The highest BCUT2D eigenvalue weighted by molar-refractivity contribution is 7.08. The van der Waals surface area contributed by atoms with E-state index < -0.39 is 6.10 Å². The Labute approximate surface area is 132 Å². The molecule has 4 atom stereocenters. The number of aromatic nitrogens is 3. The largest absolute Gasteiger partial charge is 0.391 e. The van der Waals surface area contributed by atoms with E-state index in [0.717, 1.165) is 31.5 Å². The monoisotopic (exact) mass is 318 g/mol. The van der Waals surface area contributed by atoms with Gasteiger partial charge in [0.2, 0.25) is 0 Å². The minimum absolute atomic E-state index is 0.0278. The summed E-state index contributed by atoms with van der Waals surface area (Å²) in [7, 11) is 0. The van der Waals surface area contributed by atoms with Crippen LogP contribution in [-0.4, -0.2) is 49.9 Å². The van der Waals surface area contributed by atoms with Crippen molar-refractivity contribution >= 4 is 17.2 Å². The summed E-state index contributed by atoms with van der Waals surface area (Å²) in [5, 5.41) is 18.4. The van der Waals surface area contributed by atoms with Crippen LogP contribution in [0.5, 0.6) is 0 Å². The summed E-state index contributed by atoms with van der Waals surface area (Å²) < 4.78 is 1.75. The van der Waals surface area contributed by atoms with Gasteiger partial charge in [0.25, 0.3) is 5.91 Å². The molecule has 1 saturated carbocycles. The third kappa shape index (κ3) is 2.34. The molecule has 1 N–H and O–H groups in total. The molecule has 2 fully saturated rings. The number of thiophene rings is 1. The van der Waals surface area contributed by atoms with Crippen molar-refractivity contribution in [3.05, 3.63) is 35.0 Å². The van der Waals surface area contributed by atoms with Crippen LogP contribution in [0.4, 0.5) is 0 Å². The molecule has 2 aliphatic rings. The summed E-state index contributed by atoms with van der Waals surface area (Å²) in [6.07, 6.45) is 4.32. The number of carbonyl (C=O) groups is 1. The van der Waals surface area contributed by atoms with Crippen LogP contribution >= 0.6 is 11.3 Å². The second-order valence-corrected chi connectivity index (χ2v) is 7.00. The maximum Gasteiger partial charge on any atom is 0.254 e. The zero-order chi connectivity index (χ0) is 15.1. The molecule has 0 radical (unpaired) electrons. The highest BCUT2D eigenvalue weighted by atomic mass is 32.1. The second kappa shape index (κ2) is 5.48. The van der Waals surface area contributed by atoms with E-state index in [4.69, 9.17) is 0 Å². The molecule has 4 rings (SSSR count). The fourth-order valence-corrected chi connectivity index (χ4v) is 4.44. The molecule has 1 aliphatic heterocycles. The average Bonchev–Trinajstić information content (AvgIpc) is 3.25. The Balaban J connectivity index is 1.48. The Morgan fingerprint density at radius 1 is 1.32 bits per heavy atom. The van der Waals surface area contributed by atoms with E-state index >= 15 is 0 Å². The molecule has 1 aliphatic carbocycles. The fourth-order valence-electron chi connectivity index (χ4n) is 3.81. The second-order valence-electron chi connectivity index (χ2n) is 6.22. The normalized spacial score (nSPS) is 31.2. The van der Waals surface area contributed by atoms with Crippen molar-refractivity contribution in [2.75, 3.05) is 13.1 Å². The molecule has 1 amide bonds. The van der Waals surface area contributed by atoms with Crippen molar-refractivity contribution in [3.63, 3.8) is 0 Å². The summed E-state index contributed by atoms with van der Waals surface area (Å²) in [5.41, 5.74) is 0.775. The van der Waals surface area contributed by atoms with Crippen LogP contribution in [0.3, 0.4) is 0 Å². The van der Waals surface area contributed by atoms with Gasteiger partial charge in [-0.15, -0.1) is 0 Å². The highest BCUT2D eigenvalue weighted by Gasteiger charge is 2.43. The Morgan fingerprint density at radius 3 is 2.82 bits per heavy atom. The summed E-state index contributed by atoms with van der Waals surface area (Å²) >= 11 is 1.55. The lowest BCUT2D eigenvalue weighted by atomic mass is 9.77. The Kier molecular flexibility index (Phi) is 3.46. The van der Waals surface area contributed by atoms with Gasteiger partial charge in [0.05, 0.1) is 17.7 Å². The van der Waals surface area contributed by atoms with E-state index in [1.807, 2.05) is 21.7 Å². The maximum absolute atomic E-state index is 12.5. The predicted molar refractivity (Wildman–Crippen MR) is 81.5 cm³/mol. The van der Waals surface area contributed by atoms with E-state index in [-0.39, 0.29) is 11.9 Å². The van der Waals surface area contributed by atoms with Crippen molar-refractivity contribution in [1.82, 2.24) is 19.7 Å². The Morgan fingerprint density at radius 2 is 2.14 bits per heavy atom. The Bertz CT molecular complexity index is 643. The number of rotatable bonds is 2. The number of carbonyl (C=O) groups excluding carboxylic acids is 1. The van der Waals surface area contributed by atoms with Gasteiger partial charge in [-0.25, -0.2) is 9.67 Å². The van der Waals surface area contributed by atoms with Gasteiger partial charge in [-0.2, -0.15) is 16.4 Å². The number of aliphatic hydroxyl groups is 1. The smallest absolute Gasteiger partial charge is 0.254 e. The molecule has 6 nitrogen and oxygen atoms in total. The molecular weight excluding hydrogens is 300 g/mol. The third-order valence-electron chi connectivity index (χ3n) is 4.94. The van der Waals surface area contributed by atoms with Crippen LogP contribution in [0.2, 0.25) is 0 Å². The van der Waals surface area contributed by atoms with E-state index in [2.05, 4.69) is 10.1 Å². The van der Waals surface area contributed by atoms with Crippen molar-refractivity contribution in [3.8, 4) is 0 Å². The van der Waals surface area contributed by atoms with Gasteiger partial charge in [0, 0.05) is 18.5 Å². The van der Waals surface area contributed by atoms with E-state index in [9.17, 15) is 9.90 Å². The molecule has 0 bridgehead atoms. The lowest BCUT2D eigenvalue weighted by Crippen LogP contribution is -2.36. The first kappa shape index (κ1) is 13.9. The molecule has 2 aromatic rings. The number of hydrogen-bond acceptors (Lipinski definition) is 5. The van der Waals surface area contributed by atoms with Gasteiger partial charge in [-0.1, -0.05) is 0 Å². The van der Waals surface area contributed by atoms with Gasteiger partial charge >= 0.3 is 0 Å². The molecule has 0 unspecified atom stereocenters. The first-order valence-electron chi connectivity index (χ1n) is 7.56. The minimum atomic E-state index is -0.417. The summed E-state index contributed by atoms with van der Waals surface area (Å²) in [6, 6.07) is 1.85. The predicted octanol–water partition coefficient (Wildman–Crippen LogP) is 1.42. The SMILES string of the molecule is O=C(c1ccsc1)N1C[C@H]2C[C@@H](n3cncn3)[C@H](O)C[C@H]2C1. The van der Waals surface area contributed by atoms with Crippen LogP contribution in [0, 0.1) is 11.8 Å². The van der Waals surface area contributed by atoms with Gasteiger partial charge in [0.1, 0.15) is 12.7 Å². The fraction of sp³-hybridized carbons (Fsp3) is 0.533. The zero-order valence-electron chi connectivity index (χ0n) is 12.1. The number of likely N-dealkylation sites (tertiary alicyclic amines) is 1. The van der Waals surface area contributed by atoms with Crippen molar-refractivity contribution in [2.45, 2.75) is 25.0 Å². The van der Waals surface area contributed by atoms with Crippen molar-refractivity contribution in [1.29, 1.82) is 0 Å². The molecule has 0 aromatic carbocycles. The van der Waals surface area contributed by atoms with Crippen molar-refractivity contribution < 1.29 is 9.90 Å². The van der Waals surface area contributed by atoms with Gasteiger partial charge < -0.3 is 10.0 Å². The first-order chi connectivity index (χ1) is 10.7. The molecule has 1 saturated heterocycles. The quantitative estimate of drug-likeness (QED) is 0.909. The topological polar surface area (TPSA) is 71.2 Å². The number of nitrogens with zero attached hydrogens (tertiary/aromatic N) is 4. The first-order valence-corrected chi connectivity index (χ1v) is 8.50. The lowest BCUT2D eigenvalue weighted by molar-refractivity contribution is 0.0304. The summed E-state index contributed by atoms with van der Waals surface area (Å²) in [6.45, 7) is 1.53. The van der Waals surface area contributed by atoms with Crippen LogP contribution in [0.25, 0.3) is 0 Å². The van der Waals surface area contributed by atoms with Crippen LogP contribution in [0.15, 0.2) is 29.5 Å². The number of amides is 1. The van der Waals surface area contributed by atoms with E-state index in [1.54, 1.807) is 22.3 Å². The zero-order valence-corrected chi connectivity index (χ0v) is 12.9. The van der Waals surface area contributed by atoms with Gasteiger partial charge in [0.15, 0.2) is 0 Å². The molecule has 7 heteroatoms. The van der Waals surface area contributed by atoms with E-state index in [1.165, 1.54) is 6.33 Å². The molecule has 0 spiro atoms. The summed E-state index contributed by atoms with van der Waals surface area (Å²) in [4.78, 5) is 18.4. The van der Waals surface area contributed by atoms with Gasteiger partial charge in [-0.3, -0.25) is 4.79 Å². The van der Waals surface area contributed by atoms with Crippen LogP contribution in [0.1, 0.15) is 29.2 Å². The molecular formula is C15H18N4O2S. The van der Waals surface area contributed by atoms with E-state index in [0.29, 0.717) is 11.8 Å². The third-order valence-corrected chi connectivity index (χ3v) is 5.62. The maximum atomic E-state index is 12.5. The Hall–Kier alpha value is -1.73. The minimum Gasteiger partial charge on any atom is -0.391 e. The van der Waals surface area contributed by atoms with Crippen LogP contribution in [-0.2, 0) is 0 Å². The number of fused-ring (bicyclic) bond motifs is 1. The van der Waals surface area contributed by atoms with Gasteiger partial charge in [-0.05, 0) is 36.1 Å². The molecule has 2 aromatic heterocycles. The molecule has 22 heavy (non-hydrogen) atoms. The average molecular weight is 318 g/mol. The number of aliphatic hydroxyl groups excluding tert-OH is 1. The highest BCUT2D eigenvalue weighted by Crippen LogP contribution is 2.41. The molecule has 3 heterocycles.